The van der Waals surface area contributed by atoms with Gasteiger partial charge in [-0.2, -0.15) is 0 Å². The number of ether oxygens (including phenoxy) is 1. The molecule has 3 amide bonds. The Labute approximate surface area is 196 Å². The molecular formula is C24H26ClFN4O3. The fourth-order valence-electron chi connectivity index (χ4n) is 4.68. The summed E-state index contributed by atoms with van der Waals surface area (Å²) in [6, 6.07) is 9.26. The molecule has 9 heteroatoms. The van der Waals surface area contributed by atoms with Crippen LogP contribution in [0.15, 0.2) is 42.5 Å². The zero-order valence-electron chi connectivity index (χ0n) is 18.3. The minimum absolute atomic E-state index is 0.0807. The highest BCUT2D eigenvalue weighted by molar-refractivity contribution is 6.32. The highest BCUT2D eigenvalue weighted by Gasteiger charge is 2.41. The Balaban J connectivity index is 1.46. The van der Waals surface area contributed by atoms with Gasteiger partial charge < -0.3 is 20.7 Å². The Morgan fingerprint density at radius 1 is 1.21 bits per heavy atom. The summed E-state index contributed by atoms with van der Waals surface area (Å²) in [5, 5.41) is 2.84. The van der Waals surface area contributed by atoms with E-state index < -0.39 is 6.03 Å². The summed E-state index contributed by atoms with van der Waals surface area (Å²) in [5.41, 5.74) is 7.27. The maximum Gasteiger partial charge on any atom is 0.316 e. The highest BCUT2D eigenvalue weighted by atomic mass is 35.5. The number of methoxy groups -OCH3 is 1. The first-order valence-electron chi connectivity index (χ1n) is 10.7. The molecule has 3 N–H and O–H groups in total. The zero-order chi connectivity index (χ0) is 23.5. The summed E-state index contributed by atoms with van der Waals surface area (Å²) in [7, 11) is 1.49. The number of halogens is 2. The molecule has 2 saturated heterocycles. The average molecular weight is 473 g/mol. The van der Waals surface area contributed by atoms with Gasteiger partial charge in [-0.3, -0.25) is 9.69 Å². The van der Waals surface area contributed by atoms with Gasteiger partial charge in [-0.05, 0) is 48.7 Å². The van der Waals surface area contributed by atoms with E-state index in [2.05, 4.69) is 10.2 Å². The van der Waals surface area contributed by atoms with Crippen LogP contribution >= 0.6 is 11.6 Å². The fourth-order valence-corrected chi connectivity index (χ4v) is 4.92. The number of piperazine rings is 1. The number of carbonyl (C=O) groups is 2. The molecule has 2 atom stereocenters. The van der Waals surface area contributed by atoms with Crippen molar-refractivity contribution < 1.29 is 18.7 Å². The predicted molar refractivity (Wildman–Crippen MR) is 126 cm³/mol. The van der Waals surface area contributed by atoms with E-state index >= 15 is 0 Å². The predicted octanol–water partition coefficient (Wildman–Crippen LogP) is 3.87. The summed E-state index contributed by atoms with van der Waals surface area (Å²) in [4.78, 5) is 28.7. The van der Waals surface area contributed by atoms with Gasteiger partial charge in [0, 0.05) is 43.4 Å². The summed E-state index contributed by atoms with van der Waals surface area (Å²) in [6.07, 6.45) is 5.05. The number of anilines is 1. The number of nitrogens with zero attached hydrogens (tertiary/aromatic N) is 2. The van der Waals surface area contributed by atoms with E-state index in [4.69, 9.17) is 22.1 Å². The van der Waals surface area contributed by atoms with Crippen LogP contribution in [-0.4, -0.2) is 54.0 Å². The second-order valence-electron chi connectivity index (χ2n) is 8.35. The number of likely N-dealkylation sites (tertiary alicyclic amines) is 1. The zero-order valence-corrected chi connectivity index (χ0v) is 19.0. The summed E-state index contributed by atoms with van der Waals surface area (Å²) >= 11 is 6.16. The minimum atomic E-state index is -0.729. The van der Waals surface area contributed by atoms with Crippen molar-refractivity contribution in [3.05, 3.63) is 64.4 Å². The smallest absolute Gasteiger partial charge is 0.316 e. The molecule has 2 heterocycles. The largest absolute Gasteiger partial charge is 0.495 e. The van der Waals surface area contributed by atoms with Gasteiger partial charge in [-0.25, -0.2) is 9.18 Å². The third-order valence-electron chi connectivity index (χ3n) is 6.12. The van der Waals surface area contributed by atoms with Gasteiger partial charge in [0.15, 0.2) is 0 Å². The maximum absolute atomic E-state index is 13.2. The van der Waals surface area contributed by atoms with Gasteiger partial charge in [-0.1, -0.05) is 23.7 Å². The van der Waals surface area contributed by atoms with Gasteiger partial charge >= 0.3 is 6.03 Å². The quantitative estimate of drug-likeness (QED) is 0.625. The number of amides is 3. The number of hydrogen-bond donors (Lipinski definition) is 2. The Kier molecular flexibility index (Phi) is 6.85. The lowest BCUT2D eigenvalue weighted by atomic mass is 10.1. The third kappa shape index (κ3) is 5.29. The molecule has 2 aromatic carbocycles. The molecule has 0 radical (unpaired) electrons. The van der Waals surface area contributed by atoms with E-state index in [0.29, 0.717) is 22.0 Å². The minimum Gasteiger partial charge on any atom is -0.495 e. The van der Waals surface area contributed by atoms with Crippen LogP contribution in [0.3, 0.4) is 0 Å². The first-order valence-corrected chi connectivity index (χ1v) is 11.1. The van der Waals surface area contributed by atoms with E-state index in [-0.39, 0.29) is 23.8 Å². The van der Waals surface area contributed by atoms with Gasteiger partial charge in [0.2, 0.25) is 5.91 Å². The molecule has 2 unspecified atom stereocenters. The van der Waals surface area contributed by atoms with E-state index in [0.717, 1.165) is 38.0 Å². The van der Waals surface area contributed by atoms with Crippen LogP contribution in [0.25, 0.3) is 6.08 Å². The number of benzene rings is 2. The van der Waals surface area contributed by atoms with Crippen LogP contribution in [0.1, 0.15) is 24.0 Å². The summed E-state index contributed by atoms with van der Waals surface area (Å²) in [5.74, 6) is 0.102. The van der Waals surface area contributed by atoms with Crippen molar-refractivity contribution in [1.29, 1.82) is 0 Å². The summed E-state index contributed by atoms with van der Waals surface area (Å²) < 4.78 is 18.4. The SMILES string of the molecule is COc1cc(/C=C/C(=O)N2C3CCC2CN(Cc2ccc(F)cc2)C3)c(NC(N)=O)cc1Cl. The molecule has 0 aromatic heterocycles. The molecule has 33 heavy (non-hydrogen) atoms. The van der Waals surface area contributed by atoms with Crippen molar-refractivity contribution in [2.24, 2.45) is 5.73 Å². The van der Waals surface area contributed by atoms with Crippen molar-refractivity contribution in [3.8, 4) is 5.75 Å². The second kappa shape index (κ2) is 9.80. The van der Waals surface area contributed by atoms with Crippen LogP contribution < -0.4 is 15.8 Å². The Morgan fingerprint density at radius 3 is 2.48 bits per heavy atom. The molecule has 0 spiro atoms. The molecule has 7 nitrogen and oxygen atoms in total. The molecule has 0 aliphatic carbocycles. The van der Waals surface area contributed by atoms with Crippen LogP contribution in [0.4, 0.5) is 14.9 Å². The van der Waals surface area contributed by atoms with Gasteiger partial charge in [0.25, 0.3) is 0 Å². The number of hydrogen-bond acceptors (Lipinski definition) is 4. The Bertz CT molecular complexity index is 1060. The number of urea groups is 1. The van der Waals surface area contributed by atoms with Crippen molar-refractivity contribution in [1.82, 2.24) is 9.80 Å². The lowest BCUT2D eigenvalue weighted by molar-refractivity contribution is -0.131. The molecule has 2 fully saturated rings. The molecular weight excluding hydrogens is 447 g/mol. The molecule has 2 aliphatic rings. The molecule has 174 valence electrons. The van der Waals surface area contributed by atoms with Crippen molar-refractivity contribution in [3.63, 3.8) is 0 Å². The van der Waals surface area contributed by atoms with E-state index in [1.165, 1.54) is 31.4 Å². The molecule has 2 aliphatic heterocycles. The number of primary amides is 1. The topological polar surface area (TPSA) is 87.9 Å². The number of nitrogens with two attached hydrogens (primary N) is 1. The molecule has 0 saturated carbocycles. The Hall–Kier alpha value is -3.10. The molecule has 2 aromatic rings. The number of fused-ring (bicyclic) bond motifs is 2. The standard InChI is InChI=1S/C24H26ClFN4O3/c1-33-22-10-16(21(11-20(22)25)28-24(27)32)4-9-23(31)30-18-7-8-19(30)14-29(13-18)12-15-2-5-17(26)6-3-15/h2-6,9-11,18-19H,7-8,12-14H2,1H3,(H3,27,28,32)/b9-4+. The highest BCUT2D eigenvalue weighted by Crippen LogP contribution is 2.33. The van der Waals surface area contributed by atoms with Crippen LogP contribution in [0.5, 0.6) is 5.75 Å². The molecule has 2 bridgehead atoms. The number of carbonyl (C=O) groups excluding carboxylic acids is 2. The monoisotopic (exact) mass is 472 g/mol. The van der Waals surface area contributed by atoms with Crippen molar-refractivity contribution in [2.75, 3.05) is 25.5 Å². The normalized spacial score (nSPS) is 20.3. The average Bonchev–Trinajstić information content (AvgIpc) is 3.04. The van der Waals surface area contributed by atoms with Gasteiger partial charge in [0.1, 0.15) is 11.6 Å². The van der Waals surface area contributed by atoms with E-state index in [1.807, 2.05) is 4.90 Å². The van der Waals surface area contributed by atoms with Crippen LogP contribution in [-0.2, 0) is 11.3 Å². The third-order valence-corrected chi connectivity index (χ3v) is 6.41. The van der Waals surface area contributed by atoms with Gasteiger partial charge in [-0.15, -0.1) is 0 Å². The molecule has 4 rings (SSSR count). The summed E-state index contributed by atoms with van der Waals surface area (Å²) in [6.45, 7) is 2.28. The second-order valence-corrected chi connectivity index (χ2v) is 8.75. The van der Waals surface area contributed by atoms with Crippen LogP contribution in [0.2, 0.25) is 5.02 Å². The number of nitrogens with one attached hydrogen (secondary N) is 1. The van der Waals surface area contributed by atoms with Gasteiger partial charge in [0.05, 0.1) is 17.8 Å². The number of rotatable bonds is 6. The lowest BCUT2D eigenvalue weighted by Crippen LogP contribution is -2.55. The van der Waals surface area contributed by atoms with Crippen molar-refractivity contribution >= 4 is 35.3 Å². The first-order chi connectivity index (χ1) is 15.8. The first kappa shape index (κ1) is 23.1. The van der Waals surface area contributed by atoms with E-state index in [1.54, 1.807) is 24.3 Å². The fraction of sp³-hybridized carbons (Fsp3) is 0.333. The maximum atomic E-state index is 13.2. The van der Waals surface area contributed by atoms with Crippen LogP contribution in [0, 0.1) is 5.82 Å². The van der Waals surface area contributed by atoms with E-state index in [9.17, 15) is 14.0 Å². The lowest BCUT2D eigenvalue weighted by Gasteiger charge is -2.40. The Morgan fingerprint density at radius 2 is 1.88 bits per heavy atom. The van der Waals surface area contributed by atoms with Crippen molar-refractivity contribution in [2.45, 2.75) is 31.5 Å².